The lowest BCUT2D eigenvalue weighted by Gasteiger charge is -2.40. The van der Waals surface area contributed by atoms with Gasteiger partial charge in [0.05, 0.1) is 12.1 Å². The Bertz CT molecular complexity index is 1310. The molecule has 2 bridgehead atoms. The highest BCUT2D eigenvalue weighted by atomic mass is 32.2. The number of methoxy groups -OCH3 is 1. The maximum Gasteiger partial charge on any atom is 0.308 e. The molecule has 0 saturated heterocycles. The number of rotatable bonds is 5. The first-order valence-electron chi connectivity index (χ1n) is 11.9. The van der Waals surface area contributed by atoms with Crippen molar-refractivity contribution >= 4 is 34.7 Å². The van der Waals surface area contributed by atoms with Gasteiger partial charge in [-0.2, -0.15) is 0 Å². The first kappa shape index (κ1) is 22.0. The Balaban J connectivity index is 1.40. The maximum atomic E-state index is 13.2. The standard InChI is InChI=1S/C27H28N2O3S2/c1-15-7-3-5-9-19(15)28-21(30)14-29-26-25(34-27(29)31)23(18-8-4-6-10-20(18)32-2)22-16-11-12-17(13-16)24(22)33-26/h3-10,16-17,22-24H,11-14H2,1-2H3,(H,28,30)/t16-,17-,22-,23-,24+/m0/s1. The van der Waals surface area contributed by atoms with Gasteiger partial charge in [-0.15, -0.1) is 11.8 Å². The van der Waals surface area contributed by atoms with E-state index in [9.17, 15) is 9.59 Å². The van der Waals surface area contributed by atoms with Crippen LogP contribution in [0.15, 0.2) is 58.4 Å². The average molecular weight is 493 g/mol. The van der Waals surface area contributed by atoms with E-state index in [0.29, 0.717) is 23.0 Å². The van der Waals surface area contributed by atoms with Crippen LogP contribution in [0, 0.1) is 24.7 Å². The van der Waals surface area contributed by atoms with Gasteiger partial charge in [-0.1, -0.05) is 47.7 Å². The summed E-state index contributed by atoms with van der Waals surface area (Å²) < 4.78 is 7.48. The number of aromatic nitrogens is 1. The zero-order valence-corrected chi connectivity index (χ0v) is 21.0. The Kier molecular flexibility index (Phi) is 5.57. The average Bonchev–Trinajstić information content (AvgIpc) is 3.54. The molecule has 176 valence electrons. The normalized spacial score (nSPS) is 26.7. The van der Waals surface area contributed by atoms with Gasteiger partial charge in [0.15, 0.2) is 0 Å². The van der Waals surface area contributed by atoms with Gasteiger partial charge in [0, 0.05) is 27.3 Å². The van der Waals surface area contributed by atoms with E-state index in [4.69, 9.17) is 4.74 Å². The molecule has 3 aromatic rings. The molecular formula is C27H28N2O3S2. The number of thiazole rings is 1. The summed E-state index contributed by atoms with van der Waals surface area (Å²) in [4.78, 5) is 27.3. The van der Waals surface area contributed by atoms with Crippen molar-refractivity contribution in [1.82, 2.24) is 4.57 Å². The highest BCUT2D eigenvalue weighted by Gasteiger charge is 2.55. The molecule has 34 heavy (non-hydrogen) atoms. The summed E-state index contributed by atoms with van der Waals surface area (Å²) in [5.74, 6) is 2.76. The molecule has 5 atom stereocenters. The molecule has 1 aliphatic heterocycles. The van der Waals surface area contributed by atoms with Gasteiger partial charge in [-0.25, -0.2) is 0 Å². The van der Waals surface area contributed by atoms with Crippen molar-refractivity contribution in [2.45, 2.75) is 48.9 Å². The minimum absolute atomic E-state index is 0.0378. The molecule has 1 N–H and O–H groups in total. The quantitative estimate of drug-likeness (QED) is 0.510. The predicted octanol–water partition coefficient (Wildman–Crippen LogP) is 5.52. The van der Waals surface area contributed by atoms with Crippen LogP contribution in [0.1, 0.15) is 41.2 Å². The Morgan fingerprint density at radius 2 is 1.88 bits per heavy atom. The van der Waals surface area contributed by atoms with Crippen LogP contribution in [0.25, 0.3) is 0 Å². The number of amides is 1. The molecule has 0 unspecified atom stereocenters. The number of ether oxygens (including phenoxy) is 1. The third-order valence-corrected chi connectivity index (χ3v) is 10.7. The van der Waals surface area contributed by atoms with Crippen molar-refractivity contribution in [3.8, 4) is 5.75 Å². The number of benzene rings is 2. The number of anilines is 1. The number of carbonyl (C=O) groups is 1. The van der Waals surface area contributed by atoms with Gasteiger partial charge in [-0.05, 0) is 61.6 Å². The number of carbonyl (C=O) groups excluding carboxylic acids is 1. The molecule has 2 aromatic carbocycles. The van der Waals surface area contributed by atoms with Gasteiger partial charge in [-0.3, -0.25) is 14.2 Å². The molecule has 5 nitrogen and oxygen atoms in total. The van der Waals surface area contributed by atoms with E-state index in [1.165, 1.54) is 36.2 Å². The van der Waals surface area contributed by atoms with Crippen LogP contribution in [-0.4, -0.2) is 22.8 Å². The first-order valence-corrected chi connectivity index (χ1v) is 13.6. The third-order valence-electron chi connectivity index (χ3n) is 7.89. The van der Waals surface area contributed by atoms with Crippen molar-refractivity contribution < 1.29 is 9.53 Å². The van der Waals surface area contributed by atoms with E-state index in [2.05, 4.69) is 17.4 Å². The maximum absolute atomic E-state index is 13.2. The minimum atomic E-state index is -0.165. The van der Waals surface area contributed by atoms with E-state index < -0.39 is 0 Å². The van der Waals surface area contributed by atoms with Gasteiger partial charge in [0.1, 0.15) is 12.3 Å². The predicted molar refractivity (Wildman–Crippen MR) is 137 cm³/mol. The zero-order chi connectivity index (χ0) is 23.4. The van der Waals surface area contributed by atoms with E-state index in [1.54, 1.807) is 11.7 Å². The lowest BCUT2D eigenvalue weighted by molar-refractivity contribution is -0.116. The van der Waals surface area contributed by atoms with Crippen LogP contribution in [0.3, 0.4) is 0 Å². The molecular weight excluding hydrogens is 464 g/mol. The Hall–Kier alpha value is -2.51. The molecule has 0 spiro atoms. The first-order chi connectivity index (χ1) is 16.5. The lowest BCUT2D eigenvalue weighted by Crippen LogP contribution is -2.35. The van der Waals surface area contributed by atoms with E-state index in [1.807, 2.05) is 55.1 Å². The topological polar surface area (TPSA) is 60.3 Å². The van der Waals surface area contributed by atoms with Crippen molar-refractivity contribution in [2.24, 2.45) is 17.8 Å². The van der Waals surface area contributed by atoms with Gasteiger partial charge >= 0.3 is 4.87 Å². The fourth-order valence-corrected chi connectivity index (χ4v) is 9.55. The highest BCUT2D eigenvalue weighted by Crippen LogP contribution is 2.64. The largest absolute Gasteiger partial charge is 0.496 e. The van der Waals surface area contributed by atoms with Gasteiger partial charge in [0.25, 0.3) is 0 Å². The number of hydrogen-bond donors (Lipinski definition) is 1. The monoisotopic (exact) mass is 492 g/mol. The van der Waals surface area contributed by atoms with Crippen LogP contribution in [0.5, 0.6) is 5.75 Å². The summed E-state index contributed by atoms with van der Waals surface area (Å²) in [5, 5.41) is 4.47. The van der Waals surface area contributed by atoms with E-state index >= 15 is 0 Å². The molecule has 3 aliphatic rings. The molecule has 7 heteroatoms. The molecule has 1 aromatic heterocycles. The number of thioether (sulfide) groups is 1. The number of fused-ring (bicyclic) bond motifs is 6. The number of para-hydroxylation sites is 2. The third kappa shape index (κ3) is 3.52. The van der Waals surface area contributed by atoms with Crippen molar-refractivity contribution in [3.63, 3.8) is 0 Å². The van der Waals surface area contributed by atoms with E-state index in [0.717, 1.165) is 26.9 Å². The Labute approximate surface area is 207 Å². The van der Waals surface area contributed by atoms with Crippen LogP contribution in [-0.2, 0) is 11.3 Å². The summed E-state index contributed by atoms with van der Waals surface area (Å²) in [7, 11) is 1.72. The molecule has 2 aliphatic carbocycles. The van der Waals surface area contributed by atoms with E-state index in [-0.39, 0.29) is 23.2 Å². The smallest absolute Gasteiger partial charge is 0.308 e. The lowest BCUT2D eigenvalue weighted by atomic mass is 9.74. The Morgan fingerprint density at radius 1 is 1.12 bits per heavy atom. The number of aryl methyl sites for hydroxylation is 1. The second-order valence-corrected chi connectivity index (χ2v) is 11.9. The second-order valence-electron chi connectivity index (χ2n) is 9.70. The zero-order valence-electron chi connectivity index (χ0n) is 19.3. The molecule has 2 fully saturated rings. The fourth-order valence-electron chi connectivity index (χ4n) is 6.41. The fraction of sp³-hybridized carbons (Fsp3) is 0.407. The number of nitrogens with zero attached hydrogens (tertiary/aromatic N) is 1. The summed E-state index contributed by atoms with van der Waals surface area (Å²) in [6.45, 7) is 2.01. The molecule has 0 radical (unpaired) electrons. The summed E-state index contributed by atoms with van der Waals surface area (Å²) in [5.41, 5.74) is 2.97. The minimum Gasteiger partial charge on any atom is -0.496 e. The van der Waals surface area contributed by atoms with Crippen molar-refractivity contribution in [1.29, 1.82) is 0 Å². The summed E-state index contributed by atoms with van der Waals surface area (Å²) in [6.07, 6.45) is 3.83. The summed E-state index contributed by atoms with van der Waals surface area (Å²) in [6, 6.07) is 16.0. The molecule has 1 amide bonds. The Morgan fingerprint density at radius 3 is 2.71 bits per heavy atom. The second kappa shape index (κ2) is 8.61. The van der Waals surface area contributed by atoms with Crippen LogP contribution in [0.4, 0.5) is 5.69 Å². The van der Waals surface area contributed by atoms with Gasteiger partial charge in [0.2, 0.25) is 5.91 Å². The molecule has 2 saturated carbocycles. The molecule has 2 heterocycles. The summed E-state index contributed by atoms with van der Waals surface area (Å²) >= 11 is 3.17. The molecule has 6 rings (SSSR count). The highest BCUT2D eigenvalue weighted by molar-refractivity contribution is 8.00. The van der Waals surface area contributed by atoms with Gasteiger partial charge < -0.3 is 10.1 Å². The number of nitrogens with one attached hydrogen (secondary N) is 1. The van der Waals surface area contributed by atoms with Crippen molar-refractivity contribution in [3.05, 3.63) is 74.2 Å². The number of hydrogen-bond acceptors (Lipinski definition) is 5. The van der Waals surface area contributed by atoms with Crippen LogP contribution < -0.4 is 14.9 Å². The van der Waals surface area contributed by atoms with Crippen LogP contribution >= 0.6 is 23.1 Å². The van der Waals surface area contributed by atoms with Crippen LogP contribution in [0.2, 0.25) is 0 Å². The SMILES string of the molecule is COc1ccccc1[C@@H]1c2sc(=O)n(CC(=O)Nc3ccccc3C)c2S[C@@H]2[C@H]3CC[C@@H](C3)[C@@H]12. The van der Waals surface area contributed by atoms with Crippen molar-refractivity contribution in [2.75, 3.05) is 12.4 Å².